The molecule has 0 bridgehead atoms. The van der Waals surface area contributed by atoms with Crippen LogP contribution in [0.1, 0.15) is 6.92 Å². The predicted octanol–water partition coefficient (Wildman–Crippen LogP) is 0.489. The number of carbonyl (C=O) groups excluding carboxylic acids is 2. The molecule has 0 atom stereocenters. The highest BCUT2D eigenvalue weighted by molar-refractivity contribution is 9.11. The summed E-state index contributed by atoms with van der Waals surface area (Å²) in [6.07, 6.45) is 0. The molecule has 13 heavy (non-hydrogen) atoms. The zero-order valence-corrected chi connectivity index (χ0v) is 9.35. The first-order valence-corrected chi connectivity index (χ1v) is 4.54. The Bertz CT molecular complexity index is 228. The van der Waals surface area contributed by atoms with Gasteiger partial charge in [0.25, 0.3) is 0 Å². The highest BCUT2D eigenvalue weighted by Gasteiger charge is 2.07. The van der Waals surface area contributed by atoms with E-state index in [1.165, 1.54) is 11.8 Å². The van der Waals surface area contributed by atoms with Gasteiger partial charge >= 0.3 is 0 Å². The molecule has 1 N–H and O–H groups in total. The molecule has 0 aliphatic heterocycles. The summed E-state index contributed by atoms with van der Waals surface area (Å²) in [6, 6.07) is 0. The number of nitrogens with one attached hydrogen (secondary N) is 1. The van der Waals surface area contributed by atoms with Crippen LogP contribution in [0.15, 0.2) is 11.1 Å². The van der Waals surface area contributed by atoms with Crippen LogP contribution in [-0.4, -0.2) is 36.9 Å². The van der Waals surface area contributed by atoms with Crippen molar-refractivity contribution >= 4 is 27.7 Å². The molecule has 0 unspecified atom stereocenters. The summed E-state index contributed by atoms with van der Waals surface area (Å²) in [5, 5.41) is 2.59. The SMILES string of the molecule is C=C(Br)CNC(=O)CN(C)C(C)=O. The van der Waals surface area contributed by atoms with Crippen molar-refractivity contribution in [1.82, 2.24) is 10.2 Å². The van der Waals surface area contributed by atoms with Crippen LogP contribution >= 0.6 is 15.9 Å². The summed E-state index contributed by atoms with van der Waals surface area (Å²) in [5.74, 6) is -0.328. The van der Waals surface area contributed by atoms with Gasteiger partial charge in [0, 0.05) is 25.0 Å². The Balaban J connectivity index is 3.74. The Kier molecular flexibility index (Phi) is 5.37. The third-order valence-corrected chi connectivity index (χ3v) is 1.68. The lowest BCUT2D eigenvalue weighted by Gasteiger charge is -2.13. The number of halogens is 1. The molecule has 5 heteroatoms. The third-order valence-electron chi connectivity index (χ3n) is 1.40. The zero-order valence-electron chi connectivity index (χ0n) is 7.76. The van der Waals surface area contributed by atoms with Gasteiger partial charge in [0.2, 0.25) is 11.8 Å². The van der Waals surface area contributed by atoms with Gasteiger partial charge in [0.1, 0.15) is 0 Å². The maximum absolute atomic E-state index is 11.1. The first kappa shape index (κ1) is 12.2. The monoisotopic (exact) mass is 248 g/mol. The molecule has 2 amide bonds. The van der Waals surface area contributed by atoms with Gasteiger partial charge in [-0.25, -0.2) is 0 Å². The lowest BCUT2D eigenvalue weighted by Crippen LogP contribution is -2.37. The average Bonchev–Trinajstić information content (AvgIpc) is 2.00. The molecule has 0 aromatic rings. The molecule has 0 spiro atoms. The van der Waals surface area contributed by atoms with E-state index >= 15 is 0 Å². The van der Waals surface area contributed by atoms with E-state index in [9.17, 15) is 9.59 Å². The minimum atomic E-state index is -0.196. The number of hydrogen-bond acceptors (Lipinski definition) is 2. The van der Waals surface area contributed by atoms with Crippen molar-refractivity contribution in [3.63, 3.8) is 0 Å². The largest absolute Gasteiger partial charge is 0.350 e. The second-order valence-corrected chi connectivity index (χ2v) is 3.79. The first-order valence-electron chi connectivity index (χ1n) is 3.75. The van der Waals surface area contributed by atoms with Gasteiger partial charge in [0.05, 0.1) is 6.54 Å². The van der Waals surface area contributed by atoms with E-state index in [1.54, 1.807) is 7.05 Å². The van der Waals surface area contributed by atoms with Gasteiger partial charge in [-0.3, -0.25) is 9.59 Å². The molecule has 0 rings (SSSR count). The molecule has 74 valence electrons. The molecule has 0 heterocycles. The summed E-state index contributed by atoms with van der Waals surface area (Å²) in [5.41, 5.74) is 0. The van der Waals surface area contributed by atoms with Crippen LogP contribution in [0.3, 0.4) is 0 Å². The number of likely N-dealkylation sites (N-methyl/N-ethyl adjacent to an activating group) is 1. The van der Waals surface area contributed by atoms with Crippen molar-refractivity contribution in [2.75, 3.05) is 20.1 Å². The minimum absolute atomic E-state index is 0.0790. The second-order valence-electron chi connectivity index (χ2n) is 2.67. The lowest BCUT2D eigenvalue weighted by molar-refractivity contribution is -0.132. The number of nitrogens with zero attached hydrogens (tertiary/aromatic N) is 1. The molecule has 0 radical (unpaired) electrons. The van der Waals surface area contributed by atoms with Crippen LogP contribution in [0, 0.1) is 0 Å². The fourth-order valence-electron chi connectivity index (χ4n) is 0.577. The summed E-state index contributed by atoms with van der Waals surface area (Å²) in [7, 11) is 1.57. The quantitative estimate of drug-likeness (QED) is 0.788. The van der Waals surface area contributed by atoms with Crippen molar-refractivity contribution in [1.29, 1.82) is 0 Å². The maximum Gasteiger partial charge on any atom is 0.239 e. The van der Waals surface area contributed by atoms with Crippen LogP contribution in [-0.2, 0) is 9.59 Å². The average molecular weight is 249 g/mol. The molecule has 0 saturated heterocycles. The maximum atomic E-state index is 11.1. The van der Waals surface area contributed by atoms with E-state index in [-0.39, 0.29) is 18.4 Å². The predicted molar refractivity (Wildman–Crippen MR) is 54.4 cm³/mol. The van der Waals surface area contributed by atoms with Crippen molar-refractivity contribution in [2.24, 2.45) is 0 Å². The van der Waals surface area contributed by atoms with E-state index < -0.39 is 0 Å². The van der Waals surface area contributed by atoms with Crippen LogP contribution in [0.25, 0.3) is 0 Å². The van der Waals surface area contributed by atoms with Gasteiger partial charge in [-0.15, -0.1) is 0 Å². The van der Waals surface area contributed by atoms with E-state index in [4.69, 9.17) is 0 Å². The van der Waals surface area contributed by atoms with Crippen LogP contribution in [0.4, 0.5) is 0 Å². The third kappa shape index (κ3) is 6.33. The van der Waals surface area contributed by atoms with Crippen molar-refractivity contribution in [2.45, 2.75) is 6.92 Å². The normalized spacial score (nSPS) is 9.15. The van der Waals surface area contributed by atoms with Crippen LogP contribution in [0.5, 0.6) is 0 Å². The Labute approximate surface area is 86.1 Å². The van der Waals surface area contributed by atoms with E-state index in [0.29, 0.717) is 11.0 Å². The highest BCUT2D eigenvalue weighted by atomic mass is 79.9. The number of rotatable bonds is 4. The van der Waals surface area contributed by atoms with E-state index in [2.05, 4.69) is 27.8 Å². The van der Waals surface area contributed by atoms with Crippen molar-refractivity contribution in [3.05, 3.63) is 11.1 Å². The Morgan fingerprint density at radius 3 is 2.46 bits per heavy atom. The summed E-state index contributed by atoms with van der Waals surface area (Å²) < 4.78 is 0.700. The number of hydrogen-bond donors (Lipinski definition) is 1. The van der Waals surface area contributed by atoms with Gasteiger partial charge in [0.15, 0.2) is 0 Å². The van der Waals surface area contributed by atoms with Gasteiger partial charge in [-0.05, 0) is 0 Å². The minimum Gasteiger partial charge on any atom is -0.350 e. The molecule has 0 aliphatic carbocycles. The second kappa shape index (κ2) is 5.75. The smallest absolute Gasteiger partial charge is 0.239 e. The van der Waals surface area contributed by atoms with Crippen molar-refractivity contribution in [3.8, 4) is 0 Å². The zero-order chi connectivity index (χ0) is 10.4. The van der Waals surface area contributed by atoms with Gasteiger partial charge in [-0.1, -0.05) is 22.5 Å². The molecule has 0 fully saturated rings. The highest BCUT2D eigenvalue weighted by Crippen LogP contribution is 1.96. The Hall–Kier alpha value is -0.840. The van der Waals surface area contributed by atoms with Crippen molar-refractivity contribution < 1.29 is 9.59 Å². The standard InChI is InChI=1S/C8H13BrN2O2/c1-6(9)4-10-8(13)5-11(3)7(2)12/h1,4-5H2,2-3H3,(H,10,13). The topological polar surface area (TPSA) is 49.4 Å². The molecular weight excluding hydrogens is 236 g/mol. The van der Waals surface area contributed by atoms with Gasteiger partial charge in [-0.2, -0.15) is 0 Å². The fraction of sp³-hybridized carbons (Fsp3) is 0.500. The first-order chi connectivity index (χ1) is 5.93. The number of amides is 2. The summed E-state index contributed by atoms with van der Waals surface area (Å²) >= 11 is 3.11. The molecule has 0 aliphatic rings. The van der Waals surface area contributed by atoms with E-state index in [1.807, 2.05) is 0 Å². The Morgan fingerprint density at radius 2 is 2.08 bits per heavy atom. The molecule has 0 aromatic carbocycles. The molecule has 4 nitrogen and oxygen atoms in total. The van der Waals surface area contributed by atoms with Crippen LogP contribution in [0.2, 0.25) is 0 Å². The fourth-order valence-corrected chi connectivity index (χ4v) is 0.717. The molecule has 0 saturated carbocycles. The summed E-state index contributed by atoms with van der Waals surface area (Å²) in [6.45, 7) is 5.43. The molecule has 0 aromatic heterocycles. The van der Waals surface area contributed by atoms with Crippen LogP contribution < -0.4 is 5.32 Å². The van der Waals surface area contributed by atoms with Gasteiger partial charge < -0.3 is 10.2 Å². The molecular formula is C8H13BrN2O2. The Morgan fingerprint density at radius 1 is 1.54 bits per heavy atom. The summed E-state index contributed by atoms with van der Waals surface area (Å²) in [4.78, 5) is 23.2. The van der Waals surface area contributed by atoms with E-state index in [0.717, 1.165) is 0 Å². The number of carbonyl (C=O) groups is 2. The lowest BCUT2D eigenvalue weighted by atomic mass is 10.4.